The molecule has 2 N–H and O–H groups in total. The van der Waals surface area contributed by atoms with Crippen molar-refractivity contribution in [2.24, 2.45) is 5.92 Å². The molecule has 0 aliphatic heterocycles. The van der Waals surface area contributed by atoms with Gasteiger partial charge in [0.05, 0.1) is 0 Å². The topological polar surface area (TPSA) is 57.5 Å². The molecule has 0 spiro atoms. The van der Waals surface area contributed by atoms with Crippen molar-refractivity contribution in [3.8, 4) is 0 Å². The molecule has 0 radical (unpaired) electrons. The minimum Gasteiger partial charge on any atom is -0.481 e. The molecule has 0 bridgehead atoms. The van der Waals surface area contributed by atoms with E-state index >= 15 is 0 Å². The number of carbonyl (C=O) groups is 1. The van der Waals surface area contributed by atoms with E-state index in [9.17, 15) is 14.3 Å². The van der Waals surface area contributed by atoms with Gasteiger partial charge in [0.1, 0.15) is 5.92 Å². The van der Waals surface area contributed by atoms with Gasteiger partial charge in [-0.1, -0.05) is 18.2 Å². The van der Waals surface area contributed by atoms with Crippen molar-refractivity contribution in [2.45, 2.75) is 12.3 Å². The van der Waals surface area contributed by atoms with Gasteiger partial charge in [0, 0.05) is 0 Å². The van der Waals surface area contributed by atoms with Gasteiger partial charge in [-0.2, -0.15) is 0 Å². The fourth-order valence-electron chi connectivity index (χ4n) is 1.30. The Balaban J connectivity index is 2.91. The Morgan fingerprint density at radius 1 is 1.79 bits per heavy atom. The number of aliphatic carboxylic acids is 1. The minimum atomic E-state index is -2.81. The predicted octanol–water partition coefficient (Wildman–Crippen LogP) is 1.42. The van der Waals surface area contributed by atoms with E-state index in [1.165, 1.54) is 6.08 Å². The molecule has 2 unspecified atom stereocenters. The molecule has 0 aromatic heterocycles. The third-order valence-corrected chi connectivity index (χ3v) is 1.97. The smallest absolute Gasteiger partial charge is 0.316 e. The average molecular weight is 198 g/mol. The first-order chi connectivity index (χ1) is 6.47. The highest BCUT2D eigenvalue weighted by atomic mass is 19.2. The number of halogens is 1. The fourth-order valence-corrected chi connectivity index (χ4v) is 1.30. The van der Waals surface area contributed by atoms with Gasteiger partial charge >= 0.3 is 5.97 Å². The van der Waals surface area contributed by atoms with Crippen LogP contribution in [0.4, 0.5) is 4.39 Å². The summed E-state index contributed by atoms with van der Waals surface area (Å²) in [6.07, 6.45) is 5.48. The van der Waals surface area contributed by atoms with Gasteiger partial charge in [-0.25, -0.2) is 4.39 Å². The minimum absolute atomic E-state index is 0.398. The molecule has 0 aromatic rings. The Morgan fingerprint density at radius 2 is 2.43 bits per heavy atom. The van der Waals surface area contributed by atoms with Crippen molar-refractivity contribution in [2.75, 3.05) is 0 Å². The first-order valence-electron chi connectivity index (χ1n) is 4.12. The van der Waals surface area contributed by atoms with Crippen molar-refractivity contribution in [1.29, 1.82) is 0 Å². The molecular weight excluding hydrogens is 187 g/mol. The maximum Gasteiger partial charge on any atom is 0.316 e. The second kappa shape index (κ2) is 3.75. The molecule has 3 nitrogen and oxygen atoms in total. The molecule has 4 heteroatoms. The summed E-state index contributed by atoms with van der Waals surface area (Å²) >= 11 is 0. The number of hydrogen-bond donors (Lipinski definition) is 2. The molecule has 0 heterocycles. The summed E-state index contributed by atoms with van der Waals surface area (Å²) in [5.41, 5.74) is 0.516. The zero-order valence-electron chi connectivity index (χ0n) is 7.48. The summed E-state index contributed by atoms with van der Waals surface area (Å²) in [5, 5.41) is 17.8. The largest absolute Gasteiger partial charge is 0.481 e. The quantitative estimate of drug-likeness (QED) is 0.674. The first kappa shape index (κ1) is 10.7. The molecule has 0 amide bonds. The van der Waals surface area contributed by atoms with Crippen molar-refractivity contribution >= 4 is 5.97 Å². The van der Waals surface area contributed by atoms with Crippen LogP contribution in [-0.2, 0) is 4.79 Å². The Bertz CT molecular complexity index is 315. The lowest BCUT2D eigenvalue weighted by Gasteiger charge is -2.24. The number of rotatable bonds is 3. The number of carboxylic acid groups (broad SMARTS) is 1. The molecule has 76 valence electrons. The molecule has 14 heavy (non-hydrogen) atoms. The Labute approximate surface area is 80.9 Å². The highest BCUT2D eigenvalue weighted by Gasteiger charge is 2.40. The molecule has 1 aliphatic rings. The summed E-state index contributed by atoms with van der Waals surface area (Å²) in [6, 6.07) is 0. The standard InChI is InChI=1S/C10H11FO3/c1-2-3-7-4-5-8(9(12)13)10(11,14)6-7/h2,4-6,8,14H,1,3H2,(H,12,13). The van der Waals surface area contributed by atoms with Crippen LogP contribution < -0.4 is 0 Å². The van der Waals surface area contributed by atoms with Gasteiger partial charge in [0.25, 0.3) is 0 Å². The second-order valence-corrected chi connectivity index (χ2v) is 3.11. The van der Waals surface area contributed by atoms with E-state index in [-0.39, 0.29) is 0 Å². The average Bonchev–Trinajstić information content (AvgIpc) is 2.01. The third-order valence-electron chi connectivity index (χ3n) is 1.97. The van der Waals surface area contributed by atoms with E-state index in [1.54, 1.807) is 6.08 Å². The van der Waals surface area contributed by atoms with E-state index in [2.05, 4.69) is 6.58 Å². The van der Waals surface area contributed by atoms with Crippen LogP contribution in [0.3, 0.4) is 0 Å². The summed E-state index contributed by atoms with van der Waals surface area (Å²) in [4.78, 5) is 10.5. The summed E-state index contributed by atoms with van der Waals surface area (Å²) in [5.74, 6) is -5.73. The van der Waals surface area contributed by atoms with Crippen LogP contribution >= 0.6 is 0 Å². The summed E-state index contributed by atoms with van der Waals surface area (Å²) in [6.45, 7) is 3.46. The van der Waals surface area contributed by atoms with Gasteiger partial charge in [0.2, 0.25) is 5.85 Å². The van der Waals surface area contributed by atoms with E-state index in [1.807, 2.05) is 0 Å². The lowest BCUT2D eigenvalue weighted by atomic mass is 9.91. The molecule has 0 aromatic carbocycles. The molecule has 0 fully saturated rings. The van der Waals surface area contributed by atoms with E-state index in [0.29, 0.717) is 12.0 Å². The third kappa shape index (κ3) is 2.09. The van der Waals surface area contributed by atoms with Crippen molar-refractivity contribution in [3.05, 3.63) is 36.5 Å². The lowest BCUT2D eigenvalue weighted by Crippen LogP contribution is -2.37. The predicted molar refractivity (Wildman–Crippen MR) is 49.2 cm³/mol. The Kier molecular flexibility index (Phi) is 2.86. The number of hydrogen-bond acceptors (Lipinski definition) is 2. The lowest BCUT2D eigenvalue weighted by molar-refractivity contribution is -0.156. The SMILES string of the molecule is C=CCC1=CC(O)(F)C(C(=O)O)C=C1. The fraction of sp³-hybridized carbons (Fsp3) is 0.300. The maximum atomic E-state index is 13.4. The van der Waals surface area contributed by atoms with Crippen LogP contribution in [0.1, 0.15) is 6.42 Å². The van der Waals surface area contributed by atoms with Crippen molar-refractivity contribution in [1.82, 2.24) is 0 Å². The number of allylic oxidation sites excluding steroid dienone is 3. The van der Waals surface area contributed by atoms with Gasteiger partial charge < -0.3 is 10.2 Å². The van der Waals surface area contributed by atoms with Crippen LogP contribution in [0.25, 0.3) is 0 Å². The Morgan fingerprint density at radius 3 is 2.86 bits per heavy atom. The van der Waals surface area contributed by atoms with Gasteiger partial charge in [0.15, 0.2) is 0 Å². The number of carboxylic acids is 1. The van der Waals surface area contributed by atoms with Crippen LogP contribution in [0.15, 0.2) is 36.5 Å². The van der Waals surface area contributed by atoms with E-state index < -0.39 is 17.7 Å². The molecule has 1 aliphatic carbocycles. The van der Waals surface area contributed by atoms with Crippen molar-refractivity contribution in [3.63, 3.8) is 0 Å². The highest BCUT2D eigenvalue weighted by molar-refractivity contribution is 5.74. The highest BCUT2D eigenvalue weighted by Crippen LogP contribution is 2.30. The second-order valence-electron chi connectivity index (χ2n) is 3.11. The van der Waals surface area contributed by atoms with Crippen LogP contribution in [-0.4, -0.2) is 22.0 Å². The molecule has 1 rings (SSSR count). The van der Waals surface area contributed by atoms with Gasteiger partial charge in [-0.05, 0) is 18.1 Å². The molecule has 0 saturated carbocycles. The zero-order chi connectivity index (χ0) is 10.8. The van der Waals surface area contributed by atoms with Crippen LogP contribution in [0.2, 0.25) is 0 Å². The van der Waals surface area contributed by atoms with Crippen molar-refractivity contribution < 1.29 is 19.4 Å². The molecular formula is C10H11FO3. The van der Waals surface area contributed by atoms with Gasteiger partial charge in [-0.3, -0.25) is 4.79 Å². The van der Waals surface area contributed by atoms with Crippen LogP contribution in [0.5, 0.6) is 0 Å². The summed E-state index contributed by atoms with van der Waals surface area (Å²) in [7, 11) is 0. The first-order valence-corrected chi connectivity index (χ1v) is 4.12. The number of aliphatic hydroxyl groups is 1. The van der Waals surface area contributed by atoms with Crippen LogP contribution in [0, 0.1) is 5.92 Å². The monoisotopic (exact) mass is 198 g/mol. The summed E-state index contributed by atoms with van der Waals surface area (Å²) < 4.78 is 13.4. The molecule has 2 atom stereocenters. The maximum absolute atomic E-state index is 13.4. The van der Waals surface area contributed by atoms with E-state index in [4.69, 9.17) is 5.11 Å². The van der Waals surface area contributed by atoms with Gasteiger partial charge in [-0.15, -0.1) is 6.58 Å². The molecule has 0 saturated heterocycles. The number of alkyl halides is 1. The Hall–Kier alpha value is -1.42. The normalized spacial score (nSPS) is 31.0. The van der Waals surface area contributed by atoms with E-state index in [0.717, 1.165) is 12.2 Å². The zero-order valence-corrected chi connectivity index (χ0v) is 7.48.